The van der Waals surface area contributed by atoms with Crippen LogP contribution in [0, 0.1) is 12.7 Å². The van der Waals surface area contributed by atoms with E-state index in [-0.39, 0.29) is 17.6 Å². The van der Waals surface area contributed by atoms with Crippen LogP contribution in [0.2, 0.25) is 0 Å². The molecule has 0 bridgehead atoms. The maximum atomic E-state index is 13.7. The lowest BCUT2D eigenvalue weighted by atomic mass is 10.2. The van der Waals surface area contributed by atoms with Gasteiger partial charge >= 0.3 is 0 Å². The van der Waals surface area contributed by atoms with Crippen molar-refractivity contribution in [2.45, 2.75) is 19.9 Å². The Kier molecular flexibility index (Phi) is 5.11. The van der Waals surface area contributed by atoms with Crippen molar-refractivity contribution in [2.24, 2.45) is 0 Å². The molecule has 0 aliphatic carbocycles. The number of thiazole rings is 1. The van der Waals surface area contributed by atoms with Gasteiger partial charge in [-0.2, -0.15) is 0 Å². The topological polar surface area (TPSA) is 48.5 Å². The van der Waals surface area contributed by atoms with E-state index in [0.717, 1.165) is 37.0 Å². The van der Waals surface area contributed by atoms with Gasteiger partial charge in [0, 0.05) is 31.6 Å². The smallest absolute Gasteiger partial charge is 0.241 e. The van der Waals surface area contributed by atoms with Gasteiger partial charge in [0.05, 0.1) is 17.4 Å². The van der Waals surface area contributed by atoms with Gasteiger partial charge < -0.3 is 10.2 Å². The van der Waals surface area contributed by atoms with E-state index in [1.165, 1.54) is 6.07 Å². The number of nitrogens with zero attached hydrogens (tertiary/aromatic N) is 3. The Morgan fingerprint density at radius 2 is 2.00 bits per heavy atom. The molecule has 0 unspecified atom stereocenters. The number of benzene rings is 1. The first-order chi connectivity index (χ1) is 11.5. The molecule has 2 heterocycles. The summed E-state index contributed by atoms with van der Waals surface area (Å²) < 4.78 is 13.7. The number of halogens is 1. The van der Waals surface area contributed by atoms with Crippen LogP contribution in [0.5, 0.6) is 0 Å². The van der Waals surface area contributed by atoms with Crippen molar-refractivity contribution >= 4 is 28.1 Å². The van der Waals surface area contributed by atoms with E-state index in [4.69, 9.17) is 0 Å². The van der Waals surface area contributed by atoms with Gasteiger partial charge in [-0.25, -0.2) is 9.37 Å². The van der Waals surface area contributed by atoms with Crippen molar-refractivity contribution in [2.75, 3.05) is 36.4 Å². The number of piperazine rings is 1. The number of aromatic nitrogens is 1. The summed E-state index contributed by atoms with van der Waals surface area (Å²) in [6, 6.07) is 5.92. The van der Waals surface area contributed by atoms with Gasteiger partial charge in [0.1, 0.15) is 5.82 Å². The van der Waals surface area contributed by atoms with E-state index < -0.39 is 5.82 Å². The molecule has 1 amide bonds. The van der Waals surface area contributed by atoms with E-state index in [0.29, 0.717) is 0 Å². The number of carbonyl (C=O) groups excluding carboxylic acids is 1. The average molecular weight is 348 g/mol. The Labute approximate surface area is 145 Å². The van der Waals surface area contributed by atoms with Gasteiger partial charge in [0.15, 0.2) is 5.13 Å². The fourth-order valence-corrected chi connectivity index (χ4v) is 3.61. The molecule has 128 valence electrons. The lowest BCUT2D eigenvalue weighted by Gasteiger charge is -2.37. The highest BCUT2D eigenvalue weighted by molar-refractivity contribution is 7.13. The van der Waals surface area contributed by atoms with Gasteiger partial charge in [0.2, 0.25) is 5.91 Å². The summed E-state index contributed by atoms with van der Waals surface area (Å²) in [6.45, 7) is 7.09. The second-order valence-electron chi connectivity index (χ2n) is 5.94. The van der Waals surface area contributed by atoms with Gasteiger partial charge in [-0.05, 0) is 26.0 Å². The Bertz CT molecular complexity index is 712. The summed E-state index contributed by atoms with van der Waals surface area (Å²) in [4.78, 5) is 21.2. The van der Waals surface area contributed by atoms with Crippen molar-refractivity contribution < 1.29 is 9.18 Å². The van der Waals surface area contributed by atoms with Crippen LogP contribution in [0.15, 0.2) is 29.6 Å². The van der Waals surface area contributed by atoms with Gasteiger partial charge in [0.25, 0.3) is 0 Å². The molecule has 5 nitrogen and oxygen atoms in total. The molecular weight excluding hydrogens is 327 g/mol. The Balaban J connectivity index is 1.55. The van der Waals surface area contributed by atoms with Crippen LogP contribution < -0.4 is 10.2 Å². The lowest BCUT2D eigenvalue weighted by Crippen LogP contribution is -2.52. The maximum Gasteiger partial charge on any atom is 0.241 e. The Morgan fingerprint density at radius 3 is 2.62 bits per heavy atom. The van der Waals surface area contributed by atoms with Crippen LogP contribution in [0.4, 0.5) is 15.2 Å². The van der Waals surface area contributed by atoms with Crippen LogP contribution in [-0.2, 0) is 4.79 Å². The number of aryl methyl sites for hydroxylation is 1. The van der Waals surface area contributed by atoms with Crippen LogP contribution in [0.1, 0.15) is 12.6 Å². The maximum absolute atomic E-state index is 13.7. The molecule has 3 rings (SSSR count). The molecular formula is C17H21FN4OS. The van der Waals surface area contributed by atoms with Crippen LogP contribution in [0.3, 0.4) is 0 Å². The molecule has 1 aromatic carbocycles. The van der Waals surface area contributed by atoms with E-state index >= 15 is 0 Å². The number of hydrogen-bond donors (Lipinski definition) is 1. The number of carbonyl (C=O) groups is 1. The van der Waals surface area contributed by atoms with Gasteiger partial charge in [-0.15, -0.1) is 11.3 Å². The zero-order chi connectivity index (χ0) is 17.1. The third kappa shape index (κ3) is 3.73. The zero-order valence-electron chi connectivity index (χ0n) is 13.8. The minimum atomic E-state index is -0.415. The summed E-state index contributed by atoms with van der Waals surface area (Å²) in [5.41, 5.74) is 1.27. The first-order valence-electron chi connectivity index (χ1n) is 8.01. The number of amides is 1. The molecule has 0 saturated carbocycles. The van der Waals surface area contributed by atoms with E-state index in [2.05, 4.69) is 20.1 Å². The highest BCUT2D eigenvalue weighted by atomic mass is 32.1. The minimum Gasteiger partial charge on any atom is -0.346 e. The summed E-state index contributed by atoms with van der Waals surface area (Å²) in [7, 11) is 0. The largest absolute Gasteiger partial charge is 0.346 e. The Morgan fingerprint density at radius 1 is 1.29 bits per heavy atom. The van der Waals surface area contributed by atoms with Crippen molar-refractivity contribution in [3.63, 3.8) is 0 Å². The molecule has 1 fully saturated rings. The molecule has 24 heavy (non-hydrogen) atoms. The number of rotatable bonds is 4. The monoisotopic (exact) mass is 348 g/mol. The fraction of sp³-hybridized carbons (Fsp3) is 0.412. The highest BCUT2D eigenvalue weighted by Crippen LogP contribution is 2.22. The summed E-state index contributed by atoms with van der Waals surface area (Å²) >= 11 is 1.65. The van der Waals surface area contributed by atoms with Gasteiger partial charge in [-0.1, -0.05) is 12.1 Å². The quantitative estimate of drug-likeness (QED) is 0.923. The van der Waals surface area contributed by atoms with Crippen molar-refractivity contribution in [1.82, 2.24) is 9.88 Å². The Hall–Kier alpha value is -1.99. The van der Waals surface area contributed by atoms with E-state index in [9.17, 15) is 9.18 Å². The molecule has 0 radical (unpaired) electrons. The lowest BCUT2D eigenvalue weighted by molar-refractivity contribution is -0.120. The third-order valence-corrected chi connectivity index (χ3v) is 5.27. The van der Waals surface area contributed by atoms with E-state index in [1.54, 1.807) is 29.5 Å². The minimum absolute atomic E-state index is 0.182. The van der Waals surface area contributed by atoms with Crippen LogP contribution in [-0.4, -0.2) is 48.0 Å². The van der Waals surface area contributed by atoms with Crippen molar-refractivity contribution in [3.8, 4) is 0 Å². The standard InChI is InChI=1S/C17H21FN4OS/c1-12-11-24-17(19-12)22-9-7-21(8-10-22)13(2)16(23)20-15-6-4-3-5-14(15)18/h3-6,11,13H,7-10H2,1-2H3,(H,20,23)/t13-/m1/s1. The number of para-hydroxylation sites is 1. The summed E-state index contributed by atoms with van der Waals surface area (Å²) in [6.07, 6.45) is 0. The molecule has 1 aromatic heterocycles. The number of anilines is 2. The molecule has 1 aliphatic rings. The first-order valence-corrected chi connectivity index (χ1v) is 8.89. The molecule has 1 atom stereocenters. The average Bonchev–Trinajstić information content (AvgIpc) is 3.03. The highest BCUT2D eigenvalue weighted by Gasteiger charge is 2.26. The second kappa shape index (κ2) is 7.27. The molecule has 2 aromatic rings. The number of nitrogens with one attached hydrogen (secondary N) is 1. The normalized spacial score (nSPS) is 16.9. The molecule has 1 N–H and O–H groups in total. The molecule has 1 aliphatic heterocycles. The predicted octanol–water partition coefficient (Wildman–Crippen LogP) is 2.74. The second-order valence-corrected chi connectivity index (χ2v) is 6.78. The summed E-state index contributed by atoms with van der Waals surface area (Å²) in [5.74, 6) is -0.597. The third-order valence-electron chi connectivity index (χ3n) is 4.25. The zero-order valence-corrected chi connectivity index (χ0v) is 14.6. The van der Waals surface area contributed by atoms with Crippen LogP contribution >= 0.6 is 11.3 Å². The van der Waals surface area contributed by atoms with E-state index in [1.807, 2.05) is 19.2 Å². The SMILES string of the molecule is Cc1csc(N2CCN([C@H](C)C(=O)Nc3ccccc3F)CC2)n1. The number of hydrogen-bond acceptors (Lipinski definition) is 5. The van der Waals surface area contributed by atoms with Crippen molar-refractivity contribution in [1.29, 1.82) is 0 Å². The predicted molar refractivity (Wildman–Crippen MR) is 95.1 cm³/mol. The molecule has 0 spiro atoms. The van der Waals surface area contributed by atoms with Gasteiger partial charge in [-0.3, -0.25) is 9.69 Å². The summed E-state index contributed by atoms with van der Waals surface area (Å²) in [5, 5.41) is 5.76. The molecule has 1 saturated heterocycles. The fourth-order valence-electron chi connectivity index (χ4n) is 2.75. The molecule has 7 heteroatoms. The van der Waals surface area contributed by atoms with Crippen LogP contribution in [0.25, 0.3) is 0 Å². The van der Waals surface area contributed by atoms with Crippen molar-refractivity contribution in [3.05, 3.63) is 41.2 Å². The first kappa shape index (κ1) is 16.9.